The third kappa shape index (κ3) is 4.75. The van der Waals surface area contributed by atoms with E-state index in [0.29, 0.717) is 24.1 Å². The van der Waals surface area contributed by atoms with Crippen molar-refractivity contribution < 1.29 is 9.53 Å². The number of nitrogens with one attached hydrogen (secondary N) is 1. The van der Waals surface area contributed by atoms with Gasteiger partial charge in [-0.1, -0.05) is 42.0 Å². The second kappa shape index (κ2) is 9.19. The number of fused-ring (bicyclic) bond motifs is 1. The zero-order chi connectivity index (χ0) is 20.9. The quantitative estimate of drug-likeness (QED) is 0.677. The molecule has 1 N–H and O–H groups in total. The van der Waals surface area contributed by atoms with E-state index in [0.717, 1.165) is 25.2 Å². The van der Waals surface area contributed by atoms with Gasteiger partial charge in [0.05, 0.1) is 31.0 Å². The average Bonchev–Trinajstić information content (AvgIpc) is 2.77. The summed E-state index contributed by atoms with van der Waals surface area (Å²) in [6, 6.07) is 15.3. The Morgan fingerprint density at radius 2 is 1.87 bits per heavy atom. The first-order valence-electron chi connectivity index (χ1n) is 10.2. The van der Waals surface area contributed by atoms with E-state index in [4.69, 9.17) is 4.74 Å². The van der Waals surface area contributed by atoms with E-state index in [1.54, 1.807) is 10.7 Å². The molecule has 30 heavy (non-hydrogen) atoms. The molecule has 7 heteroatoms. The molecule has 1 aliphatic rings. The fourth-order valence-corrected chi connectivity index (χ4v) is 3.74. The monoisotopic (exact) mass is 406 g/mol. The molecule has 7 nitrogen and oxygen atoms in total. The molecule has 0 aliphatic carbocycles. The van der Waals surface area contributed by atoms with Gasteiger partial charge < -0.3 is 10.1 Å². The SMILES string of the molecule is Cc1ccc([C@H](CN2CCOCC2)NC(=O)Cn2ncc(=O)c3ccccc32)cc1. The summed E-state index contributed by atoms with van der Waals surface area (Å²) in [6.45, 7) is 5.94. The van der Waals surface area contributed by atoms with Crippen LogP contribution in [0.3, 0.4) is 0 Å². The lowest BCUT2D eigenvalue weighted by molar-refractivity contribution is -0.122. The number of hydrogen-bond acceptors (Lipinski definition) is 5. The lowest BCUT2D eigenvalue weighted by Gasteiger charge is -2.31. The van der Waals surface area contributed by atoms with E-state index in [1.807, 2.05) is 25.1 Å². The van der Waals surface area contributed by atoms with Gasteiger partial charge in [0.15, 0.2) is 0 Å². The Kier molecular flexibility index (Phi) is 6.21. The molecule has 0 spiro atoms. The standard InChI is InChI=1S/C23H26N4O3/c1-17-6-8-18(9-7-17)20(15-26-10-12-30-13-11-26)25-23(29)16-27-21-5-3-2-4-19(21)22(28)14-24-27/h2-9,14,20H,10-13,15-16H2,1H3,(H,25,29)/t20-/m0/s1. The third-order valence-corrected chi connectivity index (χ3v) is 5.41. The number of rotatable bonds is 6. The largest absolute Gasteiger partial charge is 0.379 e. The number of amides is 1. The molecule has 1 atom stereocenters. The van der Waals surface area contributed by atoms with Crippen LogP contribution in [0.5, 0.6) is 0 Å². The predicted octanol–water partition coefficient (Wildman–Crippen LogP) is 1.89. The molecule has 156 valence electrons. The van der Waals surface area contributed by atoms with Crippen molar-refractivity contribution in [1.82, 2.24) is 20.0 Å². The summed E-state index contributed by atoms with van der Waals surface area (Å²) in [4.78, 5) is 27.3. The first-order chi connectivity index (χ1) is 14.6. The van der Waals surface area contributed by atoms with Gasteiger partial charge in [-0.25, -0.2) is 0 Å². The van der Waals surface area contributed by atoms with Crippen molar-refractivity contribution in [1.29, 1.82) is 0 Å². The summed E-state index contributed by atoms with van der Waals surface area (Å²) in [6.07, 6.45) is 1.26. The van der Waals surface area contributed by atoms with E-state index in [9.17, 15) is 9.59 Å². The maximum absolute atomic E-state index is 12.9. The molecule has 0 bridgehead atoms. The summed E-state index contributed by atoms with van der Waals surface area (Å²) in [5, 5.41) is 7.90. The van der Waals surface area contributed by atoms with Crippen molar-refractivity contribution in [2.75, 3.05) is 32.8 Å². The van der Waals surface area contributed by atoms with Gasteiger partial charge in [0.1, 0.15) is 6.54 Å². The molecule has 2 aromatic carbocycles. The lowest BCUT2D eigenvalue weighted by atomic mass is 10.0. The number of nitrogens with zero attached hydrogens (tertiary/aromatic N) is 3. The van der Waals surface area contributed by atoms with Gasteiger partial charge >= 0.3 is 0 Å². The van der Waals surface area contributed by atoms with Crippen LogP contribution in [0.15, 0.2) is 59.5 Å². The van der Waals surface area contributed by atoms with E-state index < -0.39 is 0 Å². The molecule has 2 heterocycles. The predicted molar refractivity (Wildman–Crippen MR) is 115 cm³/mol. The molecular formula is C23H26N4O3. The van der Waals surface area contributed by atoms with E-state index in [-0.39, 0.29) is 23.9 Å². The van der Waals surface area contributed by atoms with Crippen LogP contribution in [-0.4, -0.2) is 53.4 Å². The van der Waals surface area contributed by atoms with Crippen molar-refractivity contribution in [3.05, 3.63) is 76.1 Å². The smallest absolute Gasteiger partial charge is 0.242 e. The summed E-state index contributed by atoms with van der Waals surface area (Å²) in [5.74, 6) is -0.143. The molecule has 0 saturated carbocycles. The number of ether oxygens (including phenoxy) is 1. The number of benzene rings is 2. The number of carbonyl (C=O) groups excluding carboxylic acids is 1. The minimum atomic E-state index is -0.146. The van der Waals surface area contributed by atoms with E-state index >= 15 is 0 Å². The zero-order valence-electron chi connectivity index (χ0n) is 17.1. The molecule has 1 aliphatic heterocycles. The number of aryl methyl sites for hydroxylation is 1. The summed E-state index contributed by atoms with van der Waals surface area (Å²) < 4.78 is 7.02. The van der Waals surface area contributed by atoms with Gasteiger partial charge in [0, 0.05) is 25.0 Å². The average molecular weight is 406 g/mol. The van der Waals surface area contributed by atoms with Crippen LogP contribution in [0.1, 0.15) is 17.2 Å². The Labute approximate surface area is 175 Å². The lowest BCUT2D eigenvalue weighted by Crippen LogP contribution is -2.43. The molecule has 1 amide bonds. The highest BCUT2D eigenvalue weighted by molar-refractivity contribution is 5.81. The molecule has 1 saturated heterocycles. The Balaban J connectivity index is 1.53. The van der Waals surface area contributed by atoms with Crippen molar-refractivity contribution in [2.24, 2.45) is 0 Å². The van der Waals surface area contributed by atoms with Gasteiger partial charge in [-0.3, -0.25) is 19.2 Å². The van der Waals surface area contributed by atoms with Crippen LogP contribution in [0, 0.1) is 6.92 Å². The maximum atomic E-state index is 12.9. The first-order valence-corrected chi connectivity index (χ1v) is 10.2. The minimum Gasteiger partial charge on any atom is -0.379 e. The molecule has 4 rings (SSSR count). The highest BCUT2D eigenvalue weighted by Crippen LogP contribution is 2.17. The molecule has 3 aromatic rings. The fraction of sp³-hybridized carbons (Fsp3) is 0.348. The zero-order valence-corrected chi connectivity index (χ0v) is 17.1. The van der Waals surface area contributed by atoms with Gasteiger partial charge in [-0.05, 0) is 24.6 Å². The van der Waals surface area contributed by atoms with E-state index in [2.05, 4.69) is 39.6 Å². The maximum Gasteiger partial charge on any atom is 0.242 e. The Hall–Kier alpha value is -3.03. The van der Waals surface area contributed by atoms with Gasteiger partial charge in [-0.2, -0.15) is 5.10 Å². The second-order valence-corrected chi connectivity index (χ2v) is 7.63. The molecule has 0 unspecified atom stereocenters. The third-order valence-electron chi connectivity index (χ3n) is 5.41. The minimum absolute atomic E-state index is 0.0479. The highest BCUT2D eigenvalue weighted by atomic mass is 16.5. The van der Waals surface area contributed by atoms with Crippen LogP contribution < -0.4 is 10.7 Å². The Morgan fingerprint density at radius 3 is 2.63 bits per heavy atom. The second-order valence-electron chi connectivity index (χ2n) is 7.63. The molecule has 1 fully saturated rings. The number of aromatic nitrogens is 2. The van der Waals surface area contributed by atoms with Crippen LogP contribution in [0.2, 0.25) is 0 Å². The first kappa shape index (κ1) is 20.3. The molecular weight excluding hydrogens is 380 g/mol. The van der Waals surface area contributed by atoms with Gasteiger partial charge in [0.25, 0.3) is 0 Å². The summed E-state index contributed by atoms with van der Waals surface area (Å²) in [5.41, 5.74) is 2.75. The summed E-state index contributed by atoms with van der Waals surface area (Å²) in [7, 11) is 0. The number of morpholine rings is 1. The molecule has 1 aromatic heterocycles. The van der Waals surface area contributed by atoms with Crippen LogP contribution >= 0.6 is 0 Å². The normalized spacial score (nSPS) is 15.8. The number of hydrogen-bond donors (Lipinski definition) is 1. The van der Waals surface area contributed by atoms with Crippen molar-refractivity contribution >= 4 is 16.8 Å². The fourth-order valence-electron chi connectivity index (χ4n) is 3.74. The van der Waals surface area contributed by atoms with Crippen LogP contribution in [0.25, 0.3) is 10.9 Å². The van der Waals surface area contributed by atoms with Gasteiger partial charge in [0.2, 0.25) is 11.3 Å². The van der Waals surface area contributed by atoms with Crippen LogP contribution in [-0.2, 0) is 16.1 Å². The van der Waals surface area contributed by atoms with E-state index in [1.165, 1.54) is 11.8 Å². The van der Waals surface area contributed by atoms with Crippen molar-refractivity contribution in [3.63, 3.8) is 0 Å². The van der Waals surface area contributed by atoms with Gasteiger partial charge in [-0.15, -0.1) is 0 Å². The number of para-hydroxylation sites is 1. The Bertz CT molecular complexity index is 1070. The van der Waals surface area contributed by atoms with Crippen LogP contribution in [0.4, 0.5) is 0 Å². The topological polar surface area (TPSA) is 76.5 Å². The summed E-state index contributed by atoms with van der Waals surface area (Å²) >= 11 is 0. The molecule has 0 radical (unpaired) electrons. The highest BCUT2D eigenvalue weighted by Gasteiger charge is 2.20. The Morgan fingerprint density at radius 1 is 1.13 bits per heavy atom. The van der Waals surface area contributed by atoms with Crippen molar-refractivity contribution in [2.45, 2.75) is 19.5 Å². The number of carbonyl (C=O) groups is 1. The van der Waals surface area contributed by atoms with Crippen molar-refractivity contribution in [3.8, 4) is 0 Å².